The molecule has 0 atom stereocenters. The van der Waals surface area contributed by atoms with Crippen molar-refractivity contribution in [3.63, 3.8) is 0 Å². The number of carboxylic acid groups (broad SMARTS) is 1. The first kappa shape index (κ1) is 13.3. The molecule has 0 aromatic heterocycles. The normalized spacial score (nSPS) is 10.6. The summed E-state index contributed by atoms with van der Waals surface area (Å²) in [5.74, 6) is -1.94. The Morgan fingerprint density at radius 2 is 2.06 bits per heavy atom. The van der Waals surface area contributed by atoms with E-state index in [-0.39, 0.29) is 17.3 Å². The van der Waals surface area contributed by atoms with Gasteiger partial charge in [-0.2, -0.15) is 0 Å². The van der Waals surface area contributed by atoms with Crippen LogP contribution in [0.1, 0.15) is 37.0 Å². The van der Waals surface area contributed by atoms with Gasteiger partial charge in [0.25, 0.3) is 0 Å². The number of nitrogen functional groups attached to an aromatic ring is 1. The summed E-state index contributed by atoms with van der Waals surface area (Å²) in [7, 11) is 0. The molecule has 0 radical (unpaired) electrons. The zero-order valence-corrected chi connectivity index (χ0v) is 9.96. The van der Waals surface area contributed by atoms with E-state index in [1.165, 1.54) is 12.1 Å². The van der Waals surface area contributed by atoms with Crippen LogP contribution in [0.25, 0.3) is 0 Å². The predicted octanol–water partition coefficient (Wildman–Crippen LogP) is 2.71. The van der Waals surface area contributed by atoms with E-state index in [0.717, 1.165) is 12.8 Å². The lowest BCUT2D eigenvalue weighted by molar-refractivity contribution is 0.0698. The van der Waals surface area contributed by atoms with Gasteiger partial charge in [0.15, 0.2) is 0 Å². The van der Waals surface area contributed by atoms with Gasteiger partial charge in [0, 0.05) is 6.04 Å². The van der Waals surface area contributed by atoms with Crippen molar-refractivity contribution < 1.29 is 14.3 Å². The molecule has 17 heavy (non-hydrogen) atoms. The summed E-state index contributed by atoms with van der Waals surface area (Å²) in [6, 6.07) is 2.73. The molecule has 0 saturated carbocycles. The van der Waals surface area contributed by atoms with Gasteiger partial charge >= 0.3 is 5.97 Å². The van der Waals surface area contributed by atoms with E-state index in [9.17, 15) is 9.18 Å². The molecule has 0 aliphatic rings. The van der Waals surface area contributed by atoms with Crippen molar-refractivity contribution >= 4 is 17.3 Å². The number of rotatable bonds is 5. The van der Waals surface area contributed by atoms with E-state index in [2.05, 4.69) is 5.32 Å². The third kappa shape index (κ3) is 2.87. The Hall–Kier alpha value is -1.78. The summed E-state index contributed by atoms with van der Waals surface area (Å²) >= 11 is 0. The number of hydrogen-bond acceptors (Lipinski definition) is 3. The lowest BCUT2D eigenvalue weighted by Gasteiger charge is -2.18. The molecule has 0 saturated heterocycles. The molecule has 5 heteroatoms. The van der Waals surface area contributed by atoms with E-state index in [4.69, 9.17) is 10.8 Å². The van der Waals surface area contributed by atoms with Crippen LogP contribution in [0.5, 0.6) is 0 Å². The number of hydrogen-bond donors (Lipinski definition) is 3. The number of benzene rings is 1. The van der Waals surface area contributed by atoms with E-state index >= 15 is 0 Å². The van der Waals surface area contributed by atoms with Gasteiger partial charge in [-0.3, -0.25) is 0 Å². The first-order valence-corrected chi connectivity index (χ1v) is 5.59. The van der Waals surface area contributed by atoms with Gasteiger partial charge in [0.2, 0.25) is 0 Å². The monoisotopic (exact) mass is 240 g/mol. The van der Waals surface area contributed by atoms with Crippen LogP contribution in [-0.2, 0) is 0 Å². The topological polar surface area (TPSA) is 75.3 Å². The second kappa shape index (κ2) is 5.52. The van der Waals surface area contributed by atoms with Crippen molar-refractivity contribution in [1.82, 2.24) is 0 Å². The lowest BCUT2D eigenvalue weighted by atomic mass is 10.1. The second-order valence-electron chi connectivity index (χ2n) is 3.85. The van der Waals surface area contributed by atoms with Crippen LogP contribution in [0.15, 0.2) is 12.1 Å². The SMILES string of the molecule is CCC(CC)Nc1ccc(F)c(N)c1C(=O)O. The average Bonchev–Trinajstić information content (AvgIpc) is 2.30. The van der Waals surface area contributed by atoms with Crippen molar-refractivity contribution in [2.75, 3.05) is 11.1 Å². The minimum Gasteiger partial charge on any atom is -0.478 e. The molecule has 1 rings (SSSR count). The van der Waals surface area contributed by atoms with Crippen molar-refractivity contribution in [2.45, 2.75) is 32.7 Å². The third-order valence-electron chi connectivity index (χ3n) is 2.75. The number of aromatic carboxylic acids is 1. The number of carboxylic acids is 1. The Morgan fingerprint density at radius 3 is 2.53 bits per heavy atom. The molecule has 0 unspecified atom stereocenters. The number of nitrogens with two attached hydrogens (primary N) is 1. The second-order valence-corrected chi connectivity index (χ2v) is 3.85. The number of nitrogens with one attached hydrogen (secondary N) is 1. The maximum Gasteiger partial charge on any atom is 0.340 e. The highest BCUT2D eigenvalue weighted by atomic mass is 19.1. The number of anilines is 2. The molecule has 4 nitrogen and oxygen atoms in total. The molecule has 0 amide bonds. The van der Waals surface area contributed by atoms with Gasteiger partial charge in [-0.1, -0.05) is 13.8 Å². The fraction of sp³-hybridized carbons (Fsp3) is 0.417. The molecule has 0 aliphatic heterocycles. The highest BCUT2D eigenvalue weighted by Gasteiger charge is 2.18. The van der Waals surface area contributed by atoms with Crippen LogP contribution in [0.4, 0.5) is 15.8 Å². The van der Waals surface area contributed by atoms with Crippen LogP contribution in [0, 0.1) is 5.82 Å². The molecular weight excluding hydrogens is 223 g/mol. The van der Waals surface area contributed by atoms with Crippen molar-refractivity contribution in [1.29, 1.82) is 0 Å². The standard InChI is InChI=1S/C12H17FN2O2/c1-3-7(4-2)15-9-6-5-8(13)11(14)10(9)12(16)17/h5-7,15H,3-4,14H2,1-2H3,(H,16,17). The maximum absolute atomic E-state index is 13.2. The molecule has 0 heterocycles. The summed E-state index contributed by atoms with van der Waals surface area (Å²) in [5, 5.41) is 12.1. The van der Waals surface area contributed by atoms with Crippen molar-refractivity contribution in [3.05, 3.63) is 23.5 Å². The molecule has 1 aromatic carbocycles. The average molecular weight is 240 g/mol. The minimum absolute atomic E-state index is 0.151. The van der Waals surface area contributed by atoms with E-state index in [1.807, 2.05) is 13.8 Å². The Labute approximate surface area is 99.6 Å². The van der Waals surface area contributed by atoms with Crippen molar-refractivity contribution in [3.8, 4) is 0 Å². The quantitative estimate of drug-likeness (QED) is 0.692. The van der Waals surface area contributed by atoms with Gasteiger partial charge in [-0.25, -0.2) is 9.18 Å². The molecular formula is C12H17FN2O2. The molecule has 1 aromatic rings. The fourth-order valence-electron chi connectivity index (χ4n) is 1.66. The highest BCUT2D eigenvalue weighted by Crippen LogP contribution is 2.26. The van der Waals surface area contributed by atoms with Gasteiger partial charge in [-0.05, 0) is 25.0 Å². The molecule has 0 bridgehead atoms. The summed E-state index contributed by atoms with van der Waals surface area (Å²) in [6.45, 7) is 3.99. The van der Waals surface area contributed by atoms with E-state index in [0.29, 0.717) is 5.69 Å². The predicted molar refractivity (Wildman–Crippen MR) is 65.8 cm³/mol. The van der Waals surface area contributed by atoms with Crippen LogP contribution >= 0.6 is 0 Å². The summed E-state index contributed by atoms with van der Waals surface area (Å²) in [5.41, 5.74) is 5.29. The largest absolute Gasteiger partial charge is 0.478 e. The Balaban J connectivity index is 3.15. The van der Waals surface area contributed by atoms with Crippen LogP contribution in [0.2, 0.25) is 0 Å². The zero-order chi connectivity index (χ0) is 13.0. The molecule has 94 valence electrons. The van der Waals surface area contributed by atoms with E-state index in [1.54, 1.807) is 0 Å². The summed E-state index contributed by atoms with van der Waals surface area (Å²) in [6.07, 6.45) is 1.71. The molecule has 4 N–H and O–H groups in total. The van der Waals surface area contributed by atoms with E-state index < -0.39 is 11.8 Å². The zero-order valence-electron chi connectivity index (χ0n) is 9.96. The highest BCUT2D eigenvalue weighted by molar-refractivity contribution is 6.00. The summed E-state index contributed by atoms with van der Waals surface area (Å²) in [4.78, 5) is 11.1. The van der Waals surface area contributed by atoms with Crippen molar-refractivity contribution in [2.24, 2.45) is 0 Å². The first-order chi connectivity index (χ1) is 8.01. The smallest absolute Gasteiger partial charge is 0.340 e. The van der Waals surface area contributed by atoms with Crippen LogP contribution in [-0.4, -0.2) is 17.1 Å². The Kier molecular flexibility index (Phi) is 4.31. The van der Waals surface area contributed by atoms with Gasteiger partial charge in [-0.15, -0.1) is 0 Å². The first-order valence-electron chi connectivity index (χ1n) is 5.59. The fourth-order valence-corrected chi connectivity index (χ4v) is 1.66. The summed E-state index contributed by atoms with van der Waals surface area (Å²) < 4.78 is 13.2. The Morgan fingerprint density at radius 1 is 1.47 bits per heavy atom. The molecule has 0 spiro atoms. The Bertz CT molecular complexity index is 417. The molecule has 0 aliphatic carbocycles. The maximum atomic E-state index is 13.2. The van der Waals surface area contributed by atoms with Gasteiger partial charge < -0.3 is 16.2 Å². The van der Waals surface area contributed by atoms with Crippen LogP contribution in [0.3, 0.4) is 0 Å². The minimum atomic E-state index is -1.23. The van der Waals surface area contributed by atoms with Crippen LogP contribution < -0.4 is 11.1 Å². The lowest BCUT2D eigenvalue weighted by Crippen LogP contribution is -2.20. The molecule has 0 fully saturated rings. The number of carbonyl (C=O) groups is 1. The van der Waals surface area contributed by atoms with Gasteiger partial charge in [0.1, 0.15) is 11.4 Å². The van der Waals surface area contributed by atoms with Gasteiger partial charge in [0.05, 0.1) is 11.4 Å². The third-order valence-corrected chi connectivity index (χ3v) is 2.75. The number of halogens is 1.